The van der Waals surface area contributed by atoms with E-state index in [9.17, 15) is 28.3 Å². The van der Waals surface area contributed by atoms with Crippen LogP contribution in [0.5, 0.6) is 0 Å². The smallest absolute Gasteiger partial charge is 0.714 e. The third-order valence-corrected chi connectivity index (χ3v) is 4.04. The first-order valence-corrected chi connectivity index (χ1v) is 8.20. The summed E-state index contributed by atoms with van der Waals surface area (Å²) in [5.41, 5.74) is -1.17. The molecule has 0 amide bonds. The van der Waals surface area contributed by atoms with E-state index in [1.54, 1.807) is 0 Å². The van der Waals surface area contributed by atoms with Crippen LogP contribution in [0.2, 0.25) is 0 Å². The number of aliphatic hydroxyl groups is 4. The van der Waals surface area contributed by atoms with Gasteiger partial charge in [0, 0.05) is 6.42 Å². The minimum absolute atomic E-state index is 0. The molecule has 0 aromatic rings. The predicted octanol–water partition coefficient (Wildman–Crippen LogP) is -5.93. The Bertz CT molecular complexity index is 514. The standard InChI is InChI=1S/C10H17NO9S2.K.H2O/c1-2-3-6(11-20-22(16,17)18)21-10-9(15)8(14)7(13)5(4-12)19-10;;/h2,5,7-10,12-15H,1,3-4H2,(H,16,17,18);;1H2/q;+1;/p-1/b11-6+;;/t5-,7-,8+,9-,10+;;/m1../s1. The van der Waals surface area contributed by atoms with E-state index in [4.69, 9.17) is 9.84 Å². The molecule has 1 saturated heterocycles. The van der Waals surface area contributed by atoms with Gasteiger partial charge in [0.2, 0.25) is 0 Å². The van der Waals surface area contributed by atoms with Gasteiger partial charge in [-0.25, -0.2) is 0 Å². The van der Waals surface area contributed by atoms with E-state index in [1.165, 1.54) is 6.08 Å². The number of oxime groups is 1. The number of hydrogen-bond donors (Lipinski definition) is 4. The predicted molar refractivity (Wildman–Crippen MR) is 78.0 cm³/mol. The van der Waals surface area contributed by atoms with Crippen molar-refractivity contribution in [3.05, 3.63) is 12.7 Å². The van der Waals surface area contributed by atoms with Crippen LogP contribution in [0.4, 0.5) is 0 Å². The van der Waals surface area contributed by atoms with Crippen LogP contribution in [0.3, 0.4) is 0 Å². The van der Waals surface area contributed by atoms with E-state index in [2.05, 4.69) is 16.0 Å². The molecule has 0 aromatic heterocycles. The summed E-state index contributed by atoms with van der Waals surface area (Å²) in [6.45, 7) is 2.80. The number of hydrogen-bond acceptors (Lipinski definition) is 11. The van der Waals surface area contributed by atoms with Crippen molar-refractivity contribution in [2.24, 2.45) is 5.16 Å². The second-order valence-electron chi connectivity index (χ2n) is 4.28. The fraction of sp³-hybridized carbons (Fsp3) is 0.700. The monoisotopic (exact) mass is 415 g/mol. The van der Waals surface area contributed by atoms with Gasteiger partial charge in [-0.2, -0.15) is 8.42 Å². The molecule has 0 aliphatic carbocycles. The van der Waals surface area contributed by atoms with Gasteiger partial charge in [0.15, 0.2) is 0 Å². The van der Waals surface area contributed by atoms with Crippen molar-refractivity contribution < 1.29 is 99.3 Å². The molecular formula is C10H18KNO10S2. The largest absolute Gasteiger partial charge is 1.00 e. The Morgan fingerprint density at radius 2 is 1.92 bits per heavy atom. The van der Waals surface area contributed by atoms with Gasteiger partial charge >= 0.3 is 51.4 Å². The summed E-state index contributed by atoms with van der Waals surface area (Å²) < 4.78 is 40.1. The fourth-order valence-electron chi connectivity index (χ4n) is 1.62. The maximum Gasteiger partial charge on any atom is 1.00 e. The first kappa shape index (κ1) is 27.1. The molecule has 136 valence electrons. The third kappa shape index (κ3) is 8.50. The number of nitrogens with zero attached hydrogens (tertiary/aromatic N) is 1. The van der Waals surface area contributed by atoms with Crippen LogP contribution >= 0.6 is 11.8 Å². The average molecular weight is 415 g/mol. The van der Waals surface area contributed by atoms with E-state index in [1.807, 2.05) is 0 Å². The molecule has 0 saturated carbocycles. The van der Waals surface area contributed by atoms with E-state index < -0.39 is 46.9 Å². The Morgan fingerprint density at radius 3 is 2.38 bits per heavy atom. The molecule has 0 spiro atoms. The Morgan fingerprint density at radius 1 is 1.33 bits per heavy atom. The van der Waals surface area contributed by atoms with Gasteiger partial charge < -0.3 is 35.2 Å². The molecule has 0 unspecified atom stereocenters. The van der Waals surface area contributed by atoms with Crippen molar-refractivity contribution in [2.45, 2.75) is 36.3 Å². The van der Waals surface area contributed by atoms with E-state index >= 15 is 0 Å². The molecule has 5 atom stereocenters. The molecule has 1 fully saturated rings. The number of thioether (sulfide) groups is 1. The van der Waals surface area contributed by atoms with Crippen molar-refractivity contribution in [2.75, 3.05) is 6.61 Å². The van der Waals surface area contributed by atoms with Crippen molar-refractivity contribution in [1.29, 1.82) is 0 Å². The third-order valence-electron chi connectivity index (χ3n) is 2.65. The second-order valence-corrected chi connectivity index (χ2v) is 6.41. The Hall–Kier alpha value is 0.866. The van der Waals surface area contributed by atoms with E-state index in [0.29, 0.717) is 11.8 Å². The molecule has 1 rings (SSSR count). The second kappa shape index (κ2) is 12.3. The Balaban J connectivity index is 0. The normalized spacial score (nSPS) is 30.7. The molecule has 24 heavy (non-hydrogen) atoms. The topological polar surface area (TPSA) is 200 Å². The van der Waals surface area contributed by atoms with Crippen LogP contribution in [-0.4, -0.2) is 80.4 Å². The molecule has 1 aliphatic rings. The van der Waals surface area contributed by atoms with Crippen molar-refractivity contribution in [3.63, 3.8) is 0 Å². The van der Waals surface area contributed by atoms with Crippen LogP contribution in [0, 0.1) is 0 Å². The first-order chi connectivity index (χ1) is 10.2. The maximum absolute atomic E-state index is 10.4. The molecule has 11 nitrogen and oxygen atoms in total. The van der Waals surface area contributed by atoms with Gasteiger partial charge in [-0.1, -0.05) is 23.0 Å². The van der Waals surface area contributed by atoms with E-state index in [0.717, 1.165) is 0 Å². The van der Waals surface area contributed by atoms with Gasteiger partial charge in [0.1, 0.15) is 34.9 Å². The first-order valence-electron chi connectivity index (χ1n) is 5.99. The minimum atomic E-state index is -5.04. The van der Waals surface area contributed by atoms with Crippen molar-refractivity contribution in [3.8, 4) is 0 Å². The van der Waals surface area contributed by atoms with Crippen LogP contribution in [-0.2, 0) is 19.4 Å². The Labute approximate surface area is 185 Å². The fourth-order valence-corrected chi connectivity index (χ4v) is 2.91. The number of rotatable bonds is 6. The zero-order valence-corrected chi connectivity index (χ0v) is 17.4. The number of aliphatic hydroxyl groups excluding tert-OH is 4. The summed E-state index contributed by atoms with van der Waals surface area (Å²) in [6.07, 6.45) is -4.44. The zero-order valence-electron chi connectivity index (χ0n) is 12.7. The molecule has 0 radical (unpaired) electrons. The summed E-state index contributed by atoms with van der Waals surface area (Å²) in [4.78, 5) is 0. The average Bonchev–Trinajstić information content (AvgIpc) is 2.44. The Kier molecular flexibility index (Phi) is 13.9. The summed E-state index contributed by atoms with van der Waals surface area (Å²) in [6, 6.07) is 0. The summed E-state index contributed by atoms with van der Waals surface area (Å²) in [5.74, 6) is 0. The molecule has 0 aromatic carbocycles. The van der Waals surface area contributed by atoms with Gasteiger partial charge in [0.25, 0.3) is 10.4 Å². The SMILES string of the molecule is C=CC/C(=N\OS(=O)(=O)[O-])S[C@@H]1O[C@H](CO)[C@@H](O)[C@H](O)[C@H]1O.O.[K+]. The van der Waals surface area contributed by atoms with Crippen LogP contribution in [0.1, 0.15) is 6.42 Å². The maximum atomic E-state index is 10.4. The van der Waals surface area contributed by atoms with Gasteiger partial charge in [0.05, 0.1) is 6.61 Å². The van der Waals surface area contributed by atoms with Gasteiger partial charge in [-0.3, -0.25) is 4.28 Å². The summed E-state index contributed by atoms with van der Waals surface area (Å²) in [7, 11) is -5.04. The summed E-state index contributed by atoms with van der Waals surface area (Å²) >= 11 is 0.660. The molecular weight excluding hydrogens is 397 g/mol. The van der Waals surface area contributed by atoms with Crippen molar-refractivity contribution in [1.82, 2.24) is 0 Å². The van der Waals surface area contributed by atoms with Crippen LogP contribution in [0.15, 0.2) is 17.8 Å². The minimum Gasteiger partial charge on any atom is -0.714 e. The molecule has 6 N–H and O–H groups in total. The van der Waals surface area contributed by atoms with Gasteiger partial charge in [-0.15, -0.1) is 6.58 Å². The number of ether oxygens (including phenoxy) is 1. The van der Waals surface area contributed by atoms with Crippen LogP contribution < -0.4 is 51.4 Å². The quantitative estimate of drug-likeness (QED) is 0.0615. The van der Waals surface area contributed by atoms with Gasteiger partial charge in [-0.05, 0) is 0 Å². The van der Waals surface area contributed by atoms with Crippen molar-refractivity contribution >= 4 is 27.2 Å². The number of allylic oxidation sites excluding steroid dienone is 1. The molecule has 1 aliphatic heterocycles. The van der Waals surface area contributed by atoms with Crippen LogP contribution in [0.25, 0.3) is 0 Å². The summed E-state index contributed by atoms with van der Waals surface area (Å²) in [5, 5.41) is 41.2. The molecule has 0 bridgehead atoms. The zero-order chi connectivity index (χ0) is 16.9. The van der Waals surface area contributed by atoms with E-state index in [-0.39, 0.29) is 68.3 Å². The molecule has 1 heterocycles. The molecule has 14 heteroatoms.